The summed E-state index contributed by atoms with van der Waals surface area (Å²) in [6.45, 7) is 0. The molecule has 1 aliphatic rings. The number of thiophene rings is 1. The lowest BCUT2D eigenvalue weighted by atomic mass is 9.85. The first-order valence-corrected chi connectivity index (χ1v) is 7.25. The molecule has 4 heteroatoms. The Morgan fingerprint density at radius 3 is 2.53 bits per heavy atom. The summed E-state index contributed by atoms with van der Waals surface area (Å²) in [5.74, 6) is 5.78. The van der Waals surface area contributed by atoms with Crippen LogP contribution in [0.15, 0.2) is 17.5 Å². The Hall–Kier alpha value is -0.420. The first-order valence-electron chi connectivity index (χ1n) is 6.37. The number of hydrazine groups is 1. The van der Waals surface area contributed by atoms with Gasteiger partial charge in [0.15, 0.2) is 0 Å². The Bertz CT molecular complexity index is 318. The van der Waals surface area contributed by atoms with Gasteiger partial charge in [-0.3, -0.25) is 5.84 Å². The number of hydrogen-bond acceptors (Lipinski definition) is 4. The van der Waals surface area contributed by atoms with Crippen LogP contribution in [0.3, 0.4) is 0 Å². The molecule has 0 spiro atoms. The Balaban J connectivity index is 2.24. The van der Waals surface area contributed by atoms with Gasteiger partial charge in [0.05, 0.1) is 11.6 Å². The van der Waals surface area contributed by atoms with Crippen molar-refractivity contribution in [2.45, 2.75) is 50.2 Å². The SMILES string of the molecule is COC1(C(NN)c2cccs2)CCCCCC1. The van der Waals surface area contributed by atoms with Crippen LogP contribution < -0.4 is 11.3 Å². The second-order valence-corrected chi connectivity index (χ2v) is 5.78. The monoisotopic (exact) mass is 254 g/mol. The van der Waals surface area contributed by atoms with E-state index in [1.54, 1.807) is 11.3 Å². The van der Waals surface area contributed by atoms with Crippen LogP contribution in [0.25, 0.3) is 0 Å². The lowest BCUT2D eigenvalue weighted by Gasteiger charge is -2.38. The Kier molecular flexibility index (Phi) is 4.56. The summed E-state index contributed by atoms with van der Waals surface area (Å²) in [5.41, 5.74) is 2.85. The fraction of sp³-hybridized carbons (Fsp3) is 0.692. The van der Waals surface area contributed by atoms with Crippen molar-refractivity contribution in [1.82, 2.24) is 5.43 Å². The topological polar surface area (TPSA) is 47.3 Å². The van der Waals surface area contributed by atoms with E-state index in [-0.39, 0.29) is 11.6 Å². The molecule has 3 N–H and O–H groups in total. The number of ether oxygens (including phenoxy) is 1. The van der Waals surface area contributed by atoms with E-state index in [0.717, 1.165) is 12.8 Å². The van der Waals surface area contributed by atoms with Crippen LogP contribution in [0.1, 0.15) is 49.4 Å². The summed E-state index contributed by atoms with van der Waals surface area (Å²) in [4.78, 5) is 1.27. The van der Waals surface area contributed by atoms with Gasteiger partial charge in [-0.2, -0.15) is 0 Å². The molecule has 1 unspecified atom stereocenters. The minimum Gasteiger partial charge on any atom is -0.376 e. The molecule has 1 heterocycles. The van der Waals surface area contributed by atoms with Gasteiger partial charge in [-0.05, 0) is 24.3 Å². The maximum atomic E-state index is 5.90. The highest BCUT2D eigenvalue weighted by Gasteiger charge is 2.40. The highest BCUT2D eigenvalue weighted by molar-refractivity contribution is 7.10. The van der Waals surface area contributed by atoms with Gasteiger partial charge in [0.2, 0.25) is 0 Å². The Morgan fingerprint density at radius 2 is 2.06 bits per heavy atom. The average Bonchev–Trinajstić information content (AvgIpc) is 2.76. The number of hydrogen-bond donors (Lipinski definition) is 2. The molecule has 96 valence electrons. The van der Waals surface area contributed by atoms with E-state index < -0.39 is 0 Å². The van der Waals surface area contributed by atoms with Crippen LogP contribution in [0.2, 0.25) is 0 Å². The molecule has 17 heavy (non-hydrogen) atoms. The molecule has 0 amide bonds. The third-order valence-corrected chi connectivity index (χ3v) is 4.81. The molecule has 1 fully saturated rings. The lowest BCUT2D eigenvalue weighted by molar-refractivity contribution is -0.0532. The highest BCUT2D eigenvalue weighted by Crippen LogP contribution is 2.40. The number of rotatable bonds is 4. The van der Waals surface area contributed by atoms with Gasteiger partial charge in [0.1, 0.15) is 0 Å². The van der Waals surface area contributed by atoms with Gasteiger partial charge < -0.3 is 4.74 Å². The van der Waals surface area contributed by atoms with E-state index in [0.29, 0.717) is 0 Å². The van der Waals surface area contributed by atoms with Gasteiger partial charge >= 0.3 is 0 Å². The van der Waals surface area contributed by atoms with E-state index >= 15 is 0 Å². The summed E-state index contributed by atoms with van der Waals surface area (Å²) in [7, 11) is 1.82. The van der Waals surface area contributed by atoms with Crippen LogP contribution >= 0.6 is 11.3 Å². The van der Waals surface area contributed by atoms with E-state index in [1.807, 2.05) is 7.11 Å². The van der Waals surface area contributed by atoms with Crippen molar-refractivity contribution in [3.05, 3.63) is 22.4 Å². The molecule has 1 aromatic rings. The van der Waals surface area contributed by atoms with Crippen molar-refractivity contribution in [3.8, 4) is 0 Å². The molecule has 0 aromatic carbocycles. The molecule has 1 aliphatic carbocycles. The molecule has 1 aromatic heterocycles. The fourth-order valence-electron chi connectivity index (χ4n) is 2.89. The molecule has 0 aliphatic heterocycles. The van der Waals surface area contributed by atoms with Crippen LogP contribution in [0.4, 0.5) is 0 Å². The third-order valence-electron chi connectivity index (χ3n) is 3.88. The maximum absolute atomic E-state index is 5.90. The zero-order chi connectivity index (χ0) is 12.1. The van der Waals surface area contributed by atoms with Crippen molar-refractivity contribution in [2.24, 2.45) is 5.84 Å². The normalized spacial score (nSPS) is 22.0. The molecular formula is C13H22N2OS. The third kappa shape index (κ3) is 2.71. The van der Waals surface area contributed by atoms with Crippen LogP contribution in [-0.4, -0.2) is 12.7 Å². The second kappa shape index (κ2) is 5.96. The van der Waals surface area contributed by atoms with Crippen molar-refractivity contribution >= 4 is 11.3 Å². The molecule has 0 radical (unpaired) electrons. The minimum atomic E-state index is -0.129. The van der Waals surface area contributed by atoms with Crippen molar-refractivity contribution < 1.29 is 4.74 Å². The summed E-state index contributed by atoms with van der Waals surface area (Å²) in [6.07, 6.45) is 7.28. The van der Waals surface area contributed by atoms with Crippen molar-refractivity contribution in [1.29, 1.82) is 0 Å². The van der Waals surface area contributed by atoms with E-state index in [1.165, 1.54) is 30.6 Å². The van der Waals surface area contributed by atoms with Crippen molar-refractivity contribution in [2.75, 3.05) is 7.11 Å². The van der Waals surface area contributed by atoms with Gasteiger partial charge in [-0.25, -0.2) is 5.43 Å². The second-order valence-electron chi connectivity index (χ2n) is 4.80. The fourth-order valence-corrected chi connectivity index (χ4v) is 3.78. The zero-order valence-corrected chi connectivity index (χ0v) is 11.3. The number of nitrogens with two attached hydrogens (primary N) is 1. The first kappa shape index (κ1) is 13.0. The summed E-state index contributed by atoms with van der Waals surface area (Å²) < 4.78 is 5.90. The van der Waals surface area contributed by atoms with Crippen LogP contribution in [-0.2, 0) is 4.74 Å². The van der Waals surface area contributed by atoms with Gasteiger partial charge in [-0.1, -0.05) is 31.7 Å². The molecule has 1 saturated carbocycles. The molecule has 3 nitrogen and oxygen atoms in total. The molecule has 2 rings (SSSR count). The van der Waals surface area contributed by atoms with E-state index in [9.17, 15) is 0 Å². The molecule has 0 bridgehead atoms. The predicted molar refractivity (Wildman–Crippen MR) is 71.8 cm³/mol. The van der Waals surface area contributed by atoms with Crippen LogP contribution in [0, 0.1) is 0 Å². The standard InChI is InChI=1S/C13H22N2OS/c1-16-13(8-4-2-3-5-9-13)12(15-14)11-7-6-10-17-11/h6-7,10,12,15H,2-5,8-9,14H2,1H3. The molecule has 0 saturated heterocycles. The average molecular weight is 254 g/mol. The number of methoxy groups -OCH3 is 1. The first-order chi connectivity index (χ1) is 8.32. The summed E-state index contributed by atoms with van der Waals surface area (Å²) in [6, 6.07) is 4.33. The molecule has 1 atom stereocenters. The van der Waals surface area contributed by atoms with E-state index in [2.05, 4.69) is 22.9 Å². The summed E-state index contributed by atoms with van der Waals surface area (Å²) >= 11 is 1.75. The minimum absolute atomic E-state index is 0.116. The quantitative estimate of drug-likeness (QED) is 0.493. The number of nitrogens with one attached hydrogen (secondary N) is 1. The largest absolute Gasteiger partial charge is 0.376 e. The highest BCUT2D eigenvalue weighted by atomic mass is 32.1. The molecular weight excluding hydrogens is 232 g/mol. The lowest BCUT2D eigenvalue weighted by Crippen LogP contribution is -2.47. The van der Waals surface area contributed by atoms with Gasteiger partial charge in [0.25, 0.3) is 0 Å². The van der Waals surface area contributed by atoms with Gasteiger partial charge in [0, 0.05) is 12.0 Å². The Labute approximate surface area is 107 Å². The Morgan fingerprint density at radius 1 is 1.35 bits per heavy atom. The smallest absolute Gasteiger partial charge is 0.0893 e. The zero-order valence-electron chi connectivity index (χ0n) is 10.4. The van der Waals surface area contributed by atoms with Gasteiger partial charge in [-0.15, -0.1) is 11.3 Å². The summed E-state index contributed by atoms with van der Waals surface area (Å²) in [5, 5.41) is 2.10. The van der Waals surface area contributed by atoms with E-state index in [4.69, 9.17) is 10.6 Å². The maximum Gasteiger partial charge on any atom is 0.0893 e. The van der Waals surface area contributed by atoms with Crippen LogP contribution in [0.5, 0.6) is 0 Å². The predicted octanol–water partition coefficient (Wildman–Crippen LogP) is 2.99. The van der Waals surface area contributed by atoms with Crippen molar-refractivity contribution in [3.63, 3.8) is 0 Å².